The number of rotatable bonds is 7. The molecule has 0 spiro atoms. The first-order chi connectivity index (χ1) is 14.6. The summed E-state index contributed by atoms with van der Waals surface area (Å²) in [4.78, 5) is 28.1. The number of carbonyl (C=O) groups excluding carboxylic acids is 1. The van der Waals surface area contributed by atoms with Crippen LogP contribution in [0.2, 0.25) is 0 Å². The lowest BCUT2D eigenvalue weighted by Crippen LogP contribution is -2.23. The van der Waals surface area contributed by atoms with Crippen molar-refractivity contribution in [2.45, 2.75) is 25.9 Å². The van der Waals surface area contributed by atoms with Crippen LogP contribution in [0.4, 0.5) is 11.5 Å². The van der Waals surface area contributed by atoms with Gasteiger partial charge in [0.05, 0.1) is 4.92 Å². The molecule has 7 nitrogen and oxygen atoms in total. The number of hydrogen-bond donors (Lipinski definition) is 1. The number of nitrogens with one attached hydrogen (secondary N) is 1. The lowest BCUT2D eigenvalue weighted by atomic mass is 9.98. The number of nitrogens with zero attached hydrogens (tertiary/aromatic N) is 3. The van der Waals surface area contributed by atoms with Crippen LogP contribution >= 0.6 is 0 Å². The van der Waals surface area contributed by atoms with Crippen molar-refractivity contribution >= 4 is 17.4 Å². The standard InChI is InChI=1S/C23H22N4O3/c28-23-6-3-13-26(23)16-17-7-9-18(10-8-17)21-5-2-1-4-19(21)14-24-22-12-11-20(15-25-22)27(29)30/h1-2,4-5,7-12,15H,3,6,13-14,16H2,(H,24,25). The second-order valence-corrected chi connectivity index (χ2v) is 7.29. The normalized spacial score (nSPS) is 13.5. The highest BCUT2D eigenvalue weighted by Gasteiger charge is 2.19. The number of carbonyl (C=O) groups is 1. The first-order valence-corrected chi connectivity index (χ1v) is 9.89. The fourth-order valence-electron chi connectivity index (χ4n) is 3.62. The fourth-order valence-corrected chi connectivity index (χ4v) is 3.62. The van der Waals surface area contributed by atoms with E-state index in [1.807, 2.05) is 23.1 Å². The lowest BCUT2D eigenvalue weighted by Gasteiger charge is -2.16. The first-order valence-electron chi connectivity index (χ1n) is 9.89. The Balaban J connectivity index is 1.46. The van der Waals surface area contributed by atoms with Gasteiger partial charge >= 0.3 is 0 Å². The van der Waals surface area contributed by atoms with Gasteiger partial charge in [0.25, 0.3) is 5.69 Å². The molecule has 4 rings (SSSR count). The van der Waals surface area contributed by atoms with Gasteiger partial charge in [0.1, 0.15) is 12.0 Å². The van der Waals surface area contributed by atoms with E-state index in [1.54, 1.807) is 6.07 Å². The Bertz CT molecular complexity index is 1050. The van der Waals surface area contributed by atoms with Crippen molar-refractivity contribution in [2.24, 2.45) is 0 Å². The van der Waals surface area contributed by atoms with E-state index < -0.39 is 4.92 Å². The smallest absolute Gasteiger partial charge is 0.287 e. The molecular weight excluding hydrogens is 380 g/mol. The molecule has 0 unspecified atom stereocenters. The molecule has 1 saturated heterocycles. The van der Waals surface area contributed by atoms with Crippen molar-refractivity contribution in [3.05, 3.63) is 88.1 Å². The largest absolute Gasteiger partial charge is 0.366 e. The van der Waals surface area contributed by atoms with Crippen molar-refractivity contribution < 1.29 is 9.72 Å². The van der Waals surface area contributed by atoms with Gasteiger partial charge < -0.3 is 10.2 Å². The SMILES string of the molecule is O=C1CCCN1Cc1ccc(-c2ccccc2CNc2ccc([N+](=O)[O-])cn2)cc1. The van der Waals surface area contributed by atoms with E-state index in [0.717, 1.165) is 35.2 Å². The van der Waals surface area contributed by atoms with Gasteiger partial charge in [-0.3, -0.25) is 14.9 Å². The van der Waals surface area contributed by atoms with Gasteiger partial charge in [-0.25, -0.2) is 4.98 Å². The summed E-state index contributed by atoms with van der Waals surface area (Å²) >= 11 is 0. The maximum Gasteiger partial charge on any atom is 0.287 e. The van der Waals surface area contributed by atoms with E-state index in [-0.39, 0.29) is 11.6 Å². The quantitative estimate of drug-likeness (QED) is 0.468. The Hall–Kier alpha value is -3.74. The number of hydrogen-bond acceptors (Lipinski definition) is 5. The van der Waals surface area contributed by atoms with Gasteiger partial charge in [-0.2, -0.15) is 0 Å². The molecule has 0 bridgehead atoms. The molecule has 0 saturated carbocycles. The summed E-state index contributed by atoms with van der Waals surface area (Å²) in [7, 11) is 0. The van der Waals surface area contributed by atoms with Gasteiger partial charge in [-0.15, -0.1) is 0 Å². The van der Waals surface area contributed by atoms with E-state index >= 15 is 0 Å². The molecule has 1 N–H and O–H groups in total. The summed E-state index contributed by atoms with van der Waals surface area (Å²) in [6.45, 7) is 2.05. The van der Waals surface area contributed by atoms with Gasteiger partial charge in [0.15, 0.2) is 0 Å². The molecule has 1 amide bonds. The highest BCUT2D eigenvalue weighted by Crippen LogP contribution is 2.26. The van der Waals surface area contributed by atoms with Crippen LogP contribution < -0.4 is 5.32 Å². The molecule has 30 heavy (non-hydrogen) atoms. The number of benzene rings is 2. The topological polar surface area (TPSA) is 88.4 Å². The van der Waals surface area contributed by atoms with E-state index in [0.29, 0.717) is 25.3 Å². The molecule has 1 aliphatic rings. The predicted octanol–water partition coefficient (Wildman–Crippen LogP) is 4.39. The summed E-state index contributed by atoms with van der Waals surface area (Å²) in [5.74, 6) is 0.816. The van der Waals surface area contributed by atoms with Crippen LogP contribution in [0.1, 0.15) is 24.0 Å². The molecule has 7 heteroatoms. The van der Waals surface area contributed by atoms with Crippen LogP contribution in [0.5, 0.6) is 0 Å². The number of likely N-dealkylation sites (tertiary alicyclic amines) is 1. The highest BCUT2D eigenvalue weighted by molar-refractivity contribution is 5.78. The Morgan fingerprint density at radius 2 is 1.87 bits per heavy atom. The zero-order valence-corrected chi connectivity index (χ0v) is 16.5. The van der Waals surface area contributed by atoms with Gasteiger partial charge in [0.2, 0.25) is 5.91 Å². The molecule has 0 atom stereocenters. The second-order valence-electron chi connectivity index (χ2n) is 7.29. The number of nitro groups is 1. The maximum absolute atomic E-state index is 11.8. The minimum absolute atomic E-state index is 0.0309. The van der Waals surface area contributed by atoms with E-state index in [1.165, 1.54) is 12.3 Å². The monoisotopic (exact) mass is 402 g/mol. The third kappa shape index (κ3) is 4.46. The molecule has 0 radical (unpaired) electrons. The average Bonchev–Trinajstić information content (AvgIpc) is 3.17. The summed E-state index contributed by atoms with van der Waals surface area (Å²) in [6.07, 6.45) is 2.85. The second kappa shape index (κ2) is 8.73. The van der Waals surface area contributed by atoms with Crippen LogP contribution in [-0.2, 0) is 17.9 Å². The minimum atomic E-state index is -0.463. The minimum Gasteiger partial charge on any atom is -0.366 e. The zero-order valence-electron chi connectivity index (χ0n) is 16.5. The van der Waals surface area contributed by atoms with Crippen LogP contribution in [0.25, 0.3) is 11.1 Å². The van der Waals surface area contributed by atoms with E-state index in [9.17, 15) is 14.9 Å². The maximum atomic E-state index is 11.8. The van der Waals surface area contributed by atoms with Crippen molar-refractivity contribution in [1.82, 2.24) is 9.88 Å². The Morgan fingerprint density at radius 3 is 2.53 bits per heavy atom. The highest BCUT2D eigenvalue weighted by atomic mass is 16.6. The summed E-state index contributed by atoms with van der Waals surface area (Å²) < 4.78 is 0. The predicted molar refractivity (Wildman–Crippen MR) is 115 cm³/mol. The van der Waals surface area contributed by atoms with E-state index in [4.69, 9.17) is 0 Å². The number of aromatic nitrogens is 1. The molecule has 0 aliphatic carbocycles. The van der Waals surface area contributed by atoms with Crippen LogP contribution in [0, 0.1) is 10.1 Å². The van der Waals surface area contributed by atoms with Crippen molar-refractivity contribution in [3.63, 3.8) is 0 Å². The third-order valence-corrected chi connectivity index (χ3v) is 5.25. The van der Waals surface area contributed by atoms with Crippen LogP contribution in [0.15, 0.2) is 66.9 Å². The molecule has 2 heterocycles. The molecule has 1 aromatic heterocycles. The Labute approximate surface area is 174 Å². The summed E-state index contributed by atoms with van der Waals surface area (Å²) in [5, 5.41) is 14.0. The molecule has 152 valence electrons. The molecule has 3 aromatic rings. The number of amides is 1. The van der Waals surface area contributed by atoms with Crippen molar-refractivity contribution in [3.8, 4) is 11.1 Å². The third-order valence-electron chi connectivity index (χ3n) is 5.25. The Morgan fingerprint density at radius 1 is 1.07 bits per heavy atom. The molecular formula is C23H22N4O3. The number of anilines is 1. The molecule has 1 aliphatic heterocycles. The Kier molecular flexibility index (Phi) is 5.70. The average molecular weight is 402 g/mol. The van der Waals surface area contributed by atoms with E-state index in [2.05, 4.69) is 40.6 Å². The van der Waals surface area contributed by atoms with Crippen LogP contribution in [-0.4, -0.2) is 27.3 Å². The van der Waals surface area contributed by atoms with Gasteiger partial charge in [-0.1, -0.05) is 48.5 Å². The van der Waals surface area contributed by atoms with Crippen molar-refractivity contribution in [1.29, 1.82) is 0 Å². The van der Waals surface area contributed by atoms with Crippen molar-refractivity contribution in [2.75, 3.05) is 11.9 Å². The molecule has 2 aromatic carbocycles. The van der Waals surface area contributed by atoms with Gasteiger partial charge in [-0.05, 0) is 34.7 Å². The van der Waals surface area contributed by atoms with Gasteiger partial charge in [0, 0.05) is 32.1 Å². The summed E-state index contributed by atoms with van der Waals surface area (Å²) in [6, 6.07) is 19.4. The first kappa shape index (κ1) is 19.6. The number of pyridine rings is 1. The fraction of sp³-hybridized carbons (Fsp3) is 0.217. The summed E-state index contributed by atoms with van der Waals surface area (Å²) in [5.41, 5.74) is 4.40. The zero-order chi connectivity index (χ0) is 20.9. The molecule has 1 fully saturated rings. The van der Waals surface area contributed by atoms with Crippen LogP contribution in [0.3, 0.4) is 0 Å². The lowest BCUT2D eigenvalue weighted by molar-refractivity contribution is -0.385.